The zero-order chi connectivity index (χ0) is 27.5. The fourth-order valence-electron chi connectivity index (χ4n) is 3.47. The van der Waals surface area contributed by atoms with E-state index in [-0.39, 0.29) is 36.6 Å². The van der Waals surface area contributed by atoms with Gasteiger partial charge in [0.1, 0.15) is 12.1 Å². The Morgan fingerprint density at radius 2 is 1.73 bits per heavy atom. The number of anilines is 1. The van der Waals surface area contributed by atoms with Crippen molar-refractivity contribution in [3.63, 3.8) is 0 Å². The maximum Gasteiger partial charge on any atom is 0.303 e. The van der Waals surface area contributed by atoms with E-state index in [2.05, 4.69) is 25.9 Å². The molecule has 2 rings (SSSR count). The van der Waals surface area contributed by atoms with Crippen LogP contribution in [-0.2, 0) is 19.2 Å². The smallest absolute Gasteiger partial charge is 0.303 e. The lowest BCUT2D eigenvalue weighted by Crippen LogP contribution is -2.45. The largest absolute Gasteiger partial charge is 0.481 e. The van der Waals surface area contributed by atoms with Crippen LogP contribution >= 0.6 is 0 Å². The van der Waals surface area contributed by atoms with Crippen LogP contribution in [0.5, 0.6) is 0 Å². The zero-order valence-corrected chi connectivity index (χ0v) is 20.2. The van der Waals surface area contributed by atoms with E-state index in [1.165, 1.54) is 13.1 Å². The highest BCUT2D eigenvalue weighted by molar-refractivity contribution is 6.13. The quantitative estimate of drug-likeness (QED) is 0.100. The molecule has 0 aliphatic heterocycles. The van der Waals surface area contributed by atoms with E-state index in [9.17, 15) is 24.0 Å². The second kappa shape index (κ2) is 13.4. The average molecular weight is 515 g/mol. The van der Waals surface area contributed by atoms with Gasteiger partial charge < -0.3 is 38.3 Å². The number of guanidine groups is 1. The number of fused-ring (bicyclic) bond motifs is 1. The number of carbonyl (C=O) groups is 5. The number of aliphatic imine (C=N–C) groups is 1. The van der Waals surface area contributed by atoms with Gasteiger partial charge in [-0.05, 0) is 25.3 Å². The molecule has 2 aromatic rings. The minimum absolute atomic E-state index is 0.0873. The Morgan fingerprint density at radius 3 is 2.35 bits per heavy atom. The van der Waals surface area contributed by atoms with E-state index in [0.717, 1.165) is 0 Å². The molecule has 0 saturated carbocycles. The Hall–Kier alpha value is -4.75. The van der Waals surface area contributed by atoms with Gasteiger partial charge in [0.05, 0.1) is 16.8 Å². The summed E-state index contributed by atoms with van der Waals surface area (Å²) in [6.07, 6.45) is 1.18. The molecule has 198 valence electrons. The first-order valence-electron chi connectivity index (χ1n) is 11.3. The van der Waals surface area contributed by atoms with Crippen LogP contribution in [-0.4, -0.2) is 64.3 Å². The first kappa shape index (κ1) is 28.5. The molecule has 2 atom stereocenters. The molecule has 1 heterocycles. The molecule has 0 saturated heterocycles. The zero-order valence-electron chi connectivity index (χ0n) is 20.2. The van der Waals surface area contributed by atoms with Crippen LogP contribution in [0.1, 0.15) is 43.0 Å². The fourth-order valence-corrected chi connectivity index (χ4v) is 3.47. The summed E-state index contributed by atoms with van der Waals surface area (Å²) in [7, 11) is 0. The number of rotatable bonds is 13. The van der Waals surface area contributed by atoms with Crippen LogP contribution in [0, 0.1) is 0 Å². The second-order valence-corrected chi connectivity index (χ2v) is 8.12. The van der Waals surface area contributed by atoms with E-state index in [0.29, 0.717) is 17.3 Å². The van der Waals surface area contributed by atoms with Crippen molar-refractivity contribution in [2.45, 2.75) is 44.7 Å². The van der Waals surface area contributed by atoms with Crippen LogP contribution < -0.4 is 33.2 Å². The number of carboxylic acid groups (broad SMARTS) is 1. The number of nitrogens with two attached hydrogens (primary N) is 3. The summed E-state index contributed by atoms with van der Waals surface area (Å²) in [6, 6.07) is 4.48. The number of carboxylic acids is 1. The molecule has 14 nitrogen and oxygen atoms in total. The van der Waals surface area contributed by atoms with Gasteiger partial charge in [0.15, 0.2) is 5.96 Å². The summed E-state index contributed by atoms with van der Waals surface area (Å²) in [5, 5.41) is 17.0. The maximum atomic E-state index is 13.2. The number of hydrogen-bond donors (Lipinski definition) is 7. The lowest BCUT2D eigenvalue weighted by Gasteiger charge is -2.20. The number of carbonyl (C=O) groups excluding carboxylic acids is 4. The lowest BCUT2D eigenvalue weighted by atomic mass is 10.1. The SMILES string of the molecule is CC(=O)N[C@H](CCCN=C(N)N)C(=O)Nc1c(C(=O)N[C@H](CCC(=O)O)C(N)=O)cnc2ccccc12. The average Bonchev–Trinajstić information content (AvgIpc) is 2.82. The first-order valence-corrected chi connectivity index (χ1v) is 11.3. The number of amides is 4. The van der Waals surface area contributed by atoms with Crippen molar-refractivity contribution in [3.05, 3.63) is 36.0 Å². The molecule has 1 aromatic heterocycles. The van der Waals surface area contributed by atoms with E-state index >= 15 is 0 Å². The van der Waals surface area contributed by atoms with Crippen molar-refractivity contribution in [1.82, 2.24) is 15.6 Å². The maximum absolute atomic E-state index is 13.2. The molecular formula is C23H30N8O6. The topological polar surface area (TPSA) is 245 Å². The van der Waals surface area contributed by atoms with Crippen LogP contribution in [0.15, 0.2) is 35.5 Å². The van der Waals surface area contributed by atoms with Crippen molar-refractivity contribution in [3.8, 4) is 0 Å². The number of hydrogen-bond acceptors (Lipinski definition) is 7. The van der Waals surface area contributed by atoms with Gasteiger partial charge in [-0.3, -0.25) is 33.9 Å². The first-order chi connectivity index (χ1) is 17.5. The number of nitrogens with one attached hydrogen (secondary N) is 3. The number of aliphatic carboxylic acids is 1. The van der Waals surface area contributed by atoms with Crippen molar-refractivity contribution >= 4 is 52.1 Å². The highest BCUT2D eigenvalue weighted by atomic mass is 16.4. The molecule has 0 aliphatic carbocycles. The third kappa shape index (κ3) is 8.76. The number of aromatic nitrogens is 1. The van der Waals surface area contributed by atoms with Gasteiger partial charge >= 0.3 is 5.97 Å². The summed E-state index contributed by atoms with van der Waals surface area (Å²) in [4.78, 5) is 68.8. The molecule has 0 fully saturated rings. The Balaban J connectivity index is 2.38. The number of para-hydroxylation sites is 1. The van der Waals surface area contributed by atoms with E-state index in [1.54, 1.807) is 24.3 Å². The van der Waals surface area contributed by atoms with Gasteiger partial charge in [-0.1, -0.05) is 18.2 Å². The molecule has 4 amide bonds. The fraction of sp³-hybridized carbons (Fsp3) is 0.348. The minimum atomic E-state index is -1.26. The molecule has 10 N–H and O–H groups in total. The number of pyridine rings is 1. The van der Waals surface area contributed by atoms with Crippen LogP contribution in [0.3, 0.4) is 0 Å². The monoisotopic (exact) mass is 514 g/mol. The predicted molar refractivity (Wildman–Crippen MR) is 135 cm³/mol. The normalized spacial score (nSPS) is 12.1. The Morgan fingerprint density at radius 1 is 1.03 bits per heavy atom. The Bertz CT molecular complexity index is 1210. The number of primary amides is 1. The predicted octanol–water partition coefficient (Wildman–Crippen LogP) is -0.820. The molecule has 37 heavy (non-hydrogen) atoms. The second-order valence-electron chi connectivity index (χ2n) is 8.12. The molecule has 1 aromatic carbocycles. The minimum Gasteiger partial charge on any atom is -0.481 e. The van der Waals surface area contributed by atoms with Crippen molar-refractivity contribution in [2.75, 3.05) is 11.9 Å². The van der Waals surface area contributed by atoms with Gasteiger partial charge in [0.25, 0.3) is 5.91 Å². The van der Waals surface area contributed by atoms with Gasteiger partial charge in [-0.25, -0.2) is 0 Å². The van der Waals surface area contributed by atoms with Crippen LogP contribution in [0.25, 0.3) is 10.9 Å². The van der Waals surface area contributed by atoms with Gasteiger partial charge in [0, 0.05) is 31.5 Å². The Labute approximate surface area is 212 Å². The summed E-state index contributed by atoms with van der Waals surface area (Å²) >= 11 is 0. The molecule has 0 unspecified atom stereocenters. The van der Waals surface area contributed by atoms with Gasteiger partial charge in [-0.15, -0.1) is 0 Å². The molecule has 0 bridgehead atoms. The van der Waals surface area contributed by atoms with E-state index in [1.807, 2.05) is 0 Å². The summed E-state index contributed by atoms with van der Waals surface area (Å²) in [6.45, 7) is 1.50. The summed E-state index contributed by atoms with van der Waals surface area (Å²) in [5.74, 6) is -4.03. The third-order valence-corrected chi connectivity index (χ3v) is 5.20. The number of nitrogens with zero attached hydrogens (tertiary/aromatic N) is 2. The van der Waals surface area contributed by atoms with Crippen LogP contribution in [0.2, 0.25) is 0 Å². The number of benzene rings is 1. The van der Waals surface area contributed by atoms with Gasteiger partial charge in [-0.2, -0.15) is 0 Å². The molecule has 0 aliphatic rings. The highest BCUT2D eigenvalue weighted by Crippen LogP contribution is 2.26. The molecular weight excluding hydrogens is 484 g/mol. The molecule has 0 radical (unpaired) electrons. The van der Waals surface area contributed by atoms with Crippen molar-refractivity contribution < 1.29 is 29.1 Å². The van der Waals surface area contributed by atoms with E-state index in [4.69, 9.17) is 22.3 Å². The molecule has 0 spiro atoms. The summed E-state index contributed by atoms with van der Waals surface area (Å²) < 4.78 is 0. The third-order valence-electron chi connectivity index (χ3n) is 5.20. The van der Waals surface area contributed by atoms with Crippen molar-refractivity contribution in [1.29, 1.82) is 0 Å². The van der Waals surface area contributed by atoms with Crippen LogP contribution in [0.4, 0.5) is 5.69 Å². The van der Waals surface area contributed by atoms with Gasteiger partial charge in [0.2, 0.25) is 17.7 Å². The van der Waals surface area contributed by atoms with Crippen molar-refractivity contribution in [2.24, 2.45) is 22.2 Å². The van der Waals surface area contributed by atoms with E-state index < -0.39 is 48.1 Å². The Kier molecular flexibility index (Phi) is 10.3. The standard InChI is InChI=1S/C23H30N8O6/c1-12(32)29-17(7-4-10-27-23(25)26)22(37)31-19-13-5-2-3-6-15(13)28-11-14(19)21(36)30-16(20(24)35)8-9-18(33)34/h2-3,5-6,11,16-17H,4,7-10H2,1H3,(H2,24,35)(H,29,32)(H,30,36)(H,33,34)(H4,25,26,27)(H,28,31,37)/t16-,17-/m1/s1. The lowest BCUT2D eigenvalue weighted by molar-refractivity contribution is -0.137. The summed E-state index contributed by atoms with van der Waals surface area (Å²) in [5.41, 5.74) is 16.4. The molecule has 14 heteroatoms. The highest BCUT2D eigenvalue weighted by Gasteiger charge is 2.26.